The van der Waals surface area contributed by atoms with Gasteiger partial charge in [0, 0.05) is 17.4 Å². The molecule has 156 valence electrons. The van der Waals surface area contributed by atoms with Crippen molar-refractivity contribution >= 4 is 34.5 Å². The number of hydrogen-bond donors (Lipinski definition) is 3. The van der Waals surface area contributed by atoms with Crippen LogP contribution in [0, 0.1) is 11.3 Å². The van der Waals surface area contributed by atoms with Crippen molar-refractivity contribution in [3.05, 3.63) is 46.7 Å². The number of carbonyl (C=O) groups is 2. The summed E-state index contributed by atoms with van der Waals surface area (Å²) in [6, 6.07) is 11.2. The highest BCUT2D eigenvalue weighted by molar-refractivity contribution is 7.12. The summed E-state index contributed by atoms with van der Waals surface area (Å²) in [7, 11) is 0. The van der Waals surface area contributed by atoms with Crippen LogP contribution < -0.4 is 16.0 Å². The van der Waals surface area contributed by atoms with Crippen molar-refractivity contribution in [1.29, 1.82) is 0 Å². The third kappa shape index (κ3) is 6.15. The van der Waals surface area contributed by atoms with E-state index in [1.165, 1.54) is 30.6 Å². The van der Waals surface area contributed by atoms with Gasteiger partial charge in [0.25, 0.3) is 5.91 Å². The molecule has 1 fully saturated rings. The molecule has 2 amide bonds. The number of nitrogens with one attached hydrogen (secondary N) is 3. The number of amides is 2. The lowest BCUT2D eigenvalue weighted by Crippen LogP contribution is -2.46. The molecule has 0 spiro atoms. The van der Waals surface area contributed by atoms with Gasteiger partial charge in [-0.1, -0.05) is 39.7 Å². The number of carbonyl (C=O) groups excluding carboxylic acids is 2. The van der Waals surface area contributed by atoms with Gasteiger partial charge >= 0.3 is 0 Å². The molecule has 1 aromatic heterocycles. The van der Waals surface area contributed by atoms with Gasteiger partial charge in [-0.05, 0) is 59.9 Å². The van der Waals surface area contributed by atoms with Crippen LogP contribution in [0.2, 0.25) is 0 Å². The monoisotopic (exact) mass is 413 g/mol. The molecule has 2 aromatic rings. The molecule has 1 aromatic carbocycles. The zero-order valence-electron chi connectivity index (χ0n) is 17.5. The van der Waals surface area contributed by atoms with Crippen molar-refractivity contribution < 1.29 is 9.59 Å². The van der Waals surface area contributed by atoms with Crippen LogP contribution in [0.4, 0.5) is 11.4 Å². The SMILES string of the molecule is CC(C)(C)C1CCCCC1NCC(=O)Nc1ccc(NC(=O)c2cccs2)cc1. The van der Waals surface area contributed by atoms with Crippen molar-refractivity contribution in [2.45, 2.75) is 52.5 Å². The van der Waals surface area contributed by atoms with E-state index in [2.05, 4.69) is 36.7 Å². The molecule has 0 bridgehead atoms. The zero-order chi connectivity index (χ0) is 20.9. The smallest absolute Gasteiger partial charge is 0.265 e. The van der Waals surface area contributed by atoms with Crippen molar-refractivity contribution in [2.75, 3.05) is 17.2 Å². The largest absolute Gasteiger partial charge is 0.325 e. The summed E-state index contributed by atoms with van der Waals surface area (Å²) >= 11 is 1.40. The van der Waals surface area contributed by atoms with E-state index in [1.54, 1.807) is 30.3 Å². The van der Waals surface area contributed by atoms with Crippen LogP contribution in [0.3, 0.4) is 0 Å². The fourth-order valence-corrected chi connectivity index (χ4v) is 4.70. The van der Waals surface area contributed by atoms with E-state index in [1.807, 2.05) is 11.4 Å². The van der Waals surface area contributed by atoms with E-state index in [9.17, 15) is 9.59 Å². The Kier molecular flexibility index (Phi) is 7.09. The Hall–Kier alpha value is -2.18. The fourth-order valence-electron chi connectivity index (χ4n) is 4.08. The first-order valence-corrected chi connectivity index (χ1v) is 11.2. The van der Waals surface area contributed by atoms with Gasteiger partial charge in [-0.3, -0.25) is 9.59 Å². The third-order valence-corrected chi connectivity index (χ3v) is 6.44. The lowest BCUT2D eigenvalue weighted by molar-refractivity contribution is -0.115. The van der Waals surface area contributed by atoms with E-state index in [-0.39, 0.29) is 17.2 Å². The number of thiophene rings is 1. The first-order valence-electron chi connectivity index (χ1n) is 10.3. The van der Waals surface area contributed by atoms with Gasteiger partial charge in [-0.2, -0.15) is 0 Å². The van der Waals surface area contributed by atoms with Gasteiger partial charge in [0.05, 0.1) is 11.4 Å². The maximum Gasteiger partial charge on any atom is 0.265 e. The molecule has 29 heavy (non-hydrogen) atoms. The summed E-state index contributed by atoms with van der Waals surface area (Å²) in [6.07, 6.45) is 4.86. The molecule has 1 aliphatic rings. The first kappa shape index (κ1) is 21.5. The van der Waals surface area contributed by atoms with E-state index >= 15 is 0 Å². The highest BCUT2D eigenvalue weighted by Gasteiger charge is 2.33. The lowest BCUT2D eigenvalue weighted by Gasteiger charge is -2.40. The predicted octanol–water partition coefficient (Wildman–Crippen LogP) is 5.13. The molecule has 1 heterocycles. The fraction of sp³-hybridized carbons (Fsp3) is 0.478. The Morgan fingerprint density at radius 1 is 1.00 bits per heavy atom. The van der Waals surface area contributed by atoms with Crippen LogP contribution >= 0.6 is 11.3 Å². The van der Waals surface area contributed by atoms with Gasteiger partial charge in [0.2, 0.25) is 5.91 Å². The molecule has 0 radical (unpaired) electrons. The van der Waals surface area contributed by atoms with Crippen LogP contribution in [-0.2, 0) is 4.79 Å². The molecule has 6 heteroatoms. The molecule has 0 aliphatic heterocycles. The molecule has 3 N–H and O–H groups in total. The molecule has 5 nitrogen and oxygen atoms in total. The Balaban J connectivity index is 1.48. The van der Waals surface area contributed by atoms with E-state index in [0.29, 0.717) is 29.1 Å². The average molecular weight is 414 g/mol. The average Bonchev–Trinajstić information content (AvgIpc) is 3.22. The van der Waals surface area contributed by atoms with Crippen molar-refractivity contribution in [3.8, 4) is 0 Å². The molecule has 0 saturated heterocycles. The topological polar surface area (TPSA) is 70.2 Å². The summed E-state index contributed by atoms with van der Waals surface area (Å²) < 4.78 is 0. The maximum absolute atomic E-state index is 12.4. The first-order chi connectivity index (χ1) is 13.8. The second-order valence-corrected chi connectivity index (χ2v) is 9.75. The van der Waals surface area contributed by atoms with Crippen molar-refractivity contribution in [3.63, 3.8) is 0 Å². The number of anilines is 2. The molecule has 3 rings (SSSR count). The summed E-state index contributed by atoms with van der Waals surface area (Å²) in [5.41, 5.74) is 1.68. The van der Waals surface area contributed by atoms with Crippen LogP contribution in [0.15, 0.2) is 41.8 Å². The van der Waals surface area contributed by atoms with Gasteiger partial charge in [-0.25, -0.2) is 0 Å². The minimum Gasteiger partial charge on any atom is -0.325 e. The predicted molar refractivity (Wildman–Crippen MR) is 121 cm³/mol. The highest BCUT2D eigenvalue weighted by Crippen LogP contribution is 2.37. The molecule has 2 atom stereocenters. The molecule has 1 aliphatic carbocycles. The van der Waals surface area contributed by atoms with Gasteiger partial charge in [0.1, 0.15) is 0 Å². The van der Waals surface area contributed by atoms with Crippen LogP contribution in [-0.4, -0.2) is 24.4 Å². The molecule has 2 unspecified atom stereocenters. The van der Waals surface area contributed by atoms with E-state index < -0.39 is 0 Å². The Bertz CT molecular complexity index is 810. The van der Waals surface area contributed by atoms with Crippen molar-refractivity contribution in [2.24, 2.45) is 11.3 Å². The van der Waals surface area contributed by atoms with Gasteiger partial charge in [0.15, 0.2) is 0 Å². The zero-order valence-corrected chi connectivity index (χ0v) is 18.3. The van der Waals surface area contributed by atoms with E-state index in [4.69, 9.17) is 0 Å². The molecular formula is C23H31N3O2S. The van der Waals surface area contributed by atoms with Crippen LogP contribution in [0.1, 0.15) is 56.1 Å². The van der Waals surface area contributed by atoms with E-state index in [0.717, 1.165) is 12.1 Å². The van der Waals surface area contributed by atoms with Crippen LogP contribution in [0.25, 0.3) is 0 Å². The number of benzene rings is 1. The Labute approximate surface area is 177 Å². The lowest BCUT2D eigenvalue weighted by atomic mass is 9.69. The normalized spacial score (nSPS) is 19.6. The minimum absolute atomic E-state index is 0.0430. The van der Waals surface area contributed by atoms with Gasteiger partial charge in [-0.15, -0.1) is 11.3 Å². The standard InChI is InChI=1S/C23H31N3O2S/c1-23(2,3)18-7-4-5-8-19(18)24-15-21(27)25-16-10-12-17(13-11-16)26-22(28)20-9-6-14-29-20/h6,9-14,18-19,24H,4-5,7-8,15H2,1-3H3,(H,25,27)(H,26,28). The number of hydrogen-bond acceptors (Lipinski definition) is 4. The summed E-state index contributed by atoms with van der Waals surface area (Å²) in [5.74, 6) is 0.427. The summed E-state index contributed by atoms with van der Waals surface area (Å²) in [4.78, 5) is 25.2. The Morgan fingerprint density at radius 3 is 2.28 bits per heavy atom. The second-order valence-electron chi connectivity index (χ2n) is 8.80. The quantitative estimate of drug-likeness (QED) is 0.614. The van der Waals surface area contributed by atoms with Crippen LogP contribution in [0.5, 0.6) is 0 Å². The van der Waals surface area contributed by atoms with Crippen molar-refractivity contribution in [1.82, 2.24) is 5.32 Å². The summed E-state index contributed by atoms with van der Waals surface area (Å²) in [5, 5.41) is 11.1. The third-order valence-electron chi connectivity index (χ3n) is 5.57. The number of rotatable bonds is 6. The summed E-state index contributed by atoms with van der Waals surface area (Å²) in [6.45, 7) is 7.18. The minimum atomic E-state index is -0.123. The second kappa shape index (κ2) is 9.55. The molecular weight excluding hydrogens is 382 g/mol. The Morgan fingerprint density at radius 2 is 1.66 bits per heavy atom. The van der Waals surface area contributed by atoms with Gasteiger partial charge < -0.3 is 16.0 Å². The highest BCUT2D eigenvalue weighted by atomic mass is 32.1. The maximum atomic E-state index is 12.4. The molecule has 1 saturated carbocycles.